The van der Waals surface area contributed by atoms with Gasteiger partial charge >= 0.3 is 6.03 Å². The summed E-state index contributed by atoms with van der Waals surface area (Å²) in [6.45, 7) is 1.91. The van der Waals surface area contributed by atoms with Crippen LogP contribution in [0, 0.1) is 0 Å². The maximum absolute atomic E-state index is 10.6. The van der Waals surface area contributed by atoms with Gasteiger partial charge in [-0.1, -0.05) is 12.1 Å². The number of primary amides is 1. The molecular weight excluding hydrogens is 192 g/mol. The lowest BCUT2D eigenvalue weighted by Crippen LogP contribution is -2.37. The molecule has 1 aromatic rings. The molecule has 0 heterocycles. The molecule has 1 rings (SSSR count). The number of methoxy groups -OCH3 is 1. The summed E-state index contributed by atoms with van der Waals surface area (Å²) in [5.41, 5.74) is 6.16. The van der Waals surface area contributed by atoms with E-state index in [9.17, 15) is 4.79 Å². The standard InChI is InChI=1S/C11H16N2O2/c1-8(13-11(12)14)7-9-3-5-10(15-2)6-4-9/h3-6,8H,7H2,1-2H3,(H3,12,13,14). The molecule has 0 saturated heterocycles. The lowest BCUT2D eigenvalue weighted by molar-refractivity contribution is 0.246. The minimum absolute atomic E-state index is 0.0379. The van der Waals surface area contributed by atoms with Gasteiger partial charge in [0, 0.05) is 6.04 Å². The fraction of sp³-hybridized carbons (Fsp3) is 0.364. The topological polar surface area (TPSA) is 64.3 Å². The predicted molar refractivity (Wildman–Crippen MR) is 58.9 cm³/mol. The maximum Gasteiger partial charge on any atom is 0.312 e. The van der Waals surface area contributed by atoms with Gasteiger partial charge in [0.25, 0.3) is 0 Å². The minimum Gasteiger partial charge on any atom is -0.497 e. The molecule has 0 aromatic heterocycles. The second kappa shape index (κ2) is 5.24. The Kier molecular flexibility index (Phi) is 3.97. The highest BCUT2D eigenvalue weighted by Gasteiger charge is 2.04. The number of ether oxygens (including phenoxy) is 1. The summed E-state index contributed by atoms with van der Waals surface area (Å²) in [6.07, 6.45) is 0.757. The molecule has 3 N–H and O–H groups in total. The number of rotatable bonds is 4. The van der Waals surface area contributed by atoms with Gasteiger partial charge in [0.15, 0.2) is 0 Å². The van der Waals surface area contributed by atoms with Crippen molar-refractivity contribution in [2.24, 2.45) is 5.73 Å². The average molecular weight is 208 g/mol. The third-order valence-electron chi connectivity index (χ3n) is 2.09. The molecule has 0 spiro atoms. The van der Waals surface area contributed by atoms with Crippen LogP contribution in [0.5, 0.6) is 5.75 Å². The Hall–Kier alpha value is -1.71. The van der Waals surface area contributed by atoms with E-state index in [-0.39, 0.29) is 6.04 Å². The van der Waals surface area contributed by atoms with Crippen molar-refractivity contribution in [3.05, 3.63) is 29.8 Å². The van der Waals surface area contributed by atoms with Crippen LogP contribution in [0.4, 0.5) is 4.79 Å². The smallest absolute Gasteiger partial charge is 0.312 e. The Morgan fingerprint density at radius 2 is 2.07 bits per heavy atom. The van der Waals surface area contributed by atoms with Crippen LogP contribution >= 0.6 is 0 Å². The first kappa shape index (κ1) is 11.4. The van der Waals surface area contributed by atoms with Gasteiger partial charge in [0.05, 0.1) is 7.11 Å². The van der Waals surface area contributed by atoms with Crippen LogP contribution in [-0.2, 0) is 6.42 Å². The van der Waals surface area contributed by atoms with Crippen molar-refractivity contribution in [2.75, 3.05) is 7.11 Å². The highest BCUT2D eigenvalue weighted by molar-refractivity contribution is 5.71. The minimum atomic E-state index is -0.490. The van der Waals surface area contributed by atoms with Gasteiger partial charge in [-0.25, -0.2) is 4.79 Å². The molecular formula is C11H16N2O2. The zero-order chi connectivity index (χ0) is 11.3. The molecule has 0 radical (unpaired) electrons. The quantitative estimate of drug-likeness (QED) is 0.783. The van der Waals surface area contributed by atoms with Crippen molar-refractivity contribution in [1.29, 1.82) is 0 Å². The number of benzene rings is 1. The van der Waals surface area contributed by atoms with Gasteiger partial charge in [0.2, 0.25) is 0 Å². The summed E-state index contributed by atoms with van der Waals surface area (Å²) < 4.78 is 5.05. The van der Waals surface area contributed by atoms with E-state index in [2.05, 4.69) is 5.32 Å². The van der Waals surface area contributed by atoms with Crippen LogP contribution in [-0.4, -0.2) is 19.2 Å². The van der Waals surface area contributed by atoms with Crippen LogP contribution in [0.1, 0.15) is 12.5 Å². The van der Waals surface area contributed by atoms with Crippen molar-refractivity contribution >= 4 is 6.03 Å². The van der Waals surface area contributed by atoms with E-state index in [1.54, 1.807) is 7.11 Å². The lowest BCUT2D eigenvalue weighted by atomic mass is 10.1. The van der Waals surface area contributed by atoms with Gasteiger partial charge in [-0.15, -0.1) is 0 Å². The first-order valence-electron chi connectivity index (χ1n) is 4.80. The Balaban J connectivity index is 2.53. The number of carbonyl (C=O) groups is 1. The van der Waals surface area contributed by atoms with Gasteiger partial charge in [-0.2, -0.15) is 0 Å². The zero-order valence-corrected chi connectivity index (χ0v) is 8.99. The monoisotopic (exact) mass is 208 g/mol. The summed E-state index contributed by atoms with van der Waals surface area (Å²) in [5.74, 6) is 0.828. The molecule has 4 nitrogen and oxygen atoms in total. The molecule has 0 aliphatic carbocycles. The Labute approximate surface area is 89.4 Å². The average Bonchev–Trinajstić information content (AvgIpc) is 2.17. The Morgan fingerprint density at radius 1 is 1.47 bits per heavy atom. The lowest BCUT2D eigenvalue weighted by Gasteiger charge is -2.12. The molecule has 4 heteroatoms. The summed E-state index contributed by atoms with van der Waals surface area (Å²) >= 11 is 0. The second-order valence-electron chi connectivity index (χ2n) is 3.46. The number of amides is 2. The van der Waals surface area contributed by atoms with E-state index >= 15 is 0 Å². The van der Waals surface area contributed by atoms with Crippen LogP contribution in [0.25, 0.3) is 0 Å². The third-order valence-corrected chi connectivity index (χ3v) is 2.09. The largest absolute Gasteiger partial charge is 0.497 e. The van der Waals surface area contributed by atoms with E-state index in [0.29, 0.717) is 0 Å². The van der Waals surface area contributed by atoms with Gasteiger partial charge in [-0.3, -0.25) is 0 Å². The van der Waals surface area contributed by atoms with Crippen LogP contribution in [0.2, 0.25) is 0 Å². The first-order chi connectivity index (χ1) is 7.11. The third kappa shape index (κ3) is 3.89. The van der Waals surface area contributed by atoms with Crippen molar-refractivity contribution in [1.82, 2.24) is 5.32 Å². The molecule has 1 atom stereocenters. The van der Waals surface area contributed by atoms with E-state index < -0.39 is 6.03 Å². The molecule has 15 heavy (non-hydrogen) atoms. The first-order valence-corrected chi connectivity index (χ1v) is 4.80. The summed E-state index contributed by atoms with van der Waals surface area (Å²) in [7, 11) is 1.63. The highest BCUT2D eigenvalue weighted by Crippen LogP contribution is 2.12. The zero-order valence-electron chi connectivity index (χ0n) is 8.99. The van der Waals surface area contributed by atoms with Crippen molar-refractivity contribution in [2.45, 2.75) is 19.4 Å². The molecule has 82 valence electrons. The van der Waals surface area contributed by atoms with E-state index in [1.165, 1.54) is 0 Å². The van der Waals surface area contributed by atoms with Crippen molar-refractivity contribution < 1.29 is 9.53 Å². The second-order valence-corrected chi connectivity index (χ2v) is 3.46. The van der Waals surface area contributed by atoms with E-state index in [4.69, 9.17) is 10.5 Å². The molecule has 0 bridgehead atoms. The van der Waals surface area contributed by atoms with Crippen LogP contribution in [0.15, 0.2) is 24.3 Å². The number of urea groups is 1. The normalized spacial score (nSPS) is 11.9. The molecule has 1 aromatic carbocycles. The van der Waals surface area contributed by atoms with Crippen LogP contribution in [0.3, 0.4) is 0 Å². The molecule has 2 amide bonds. The van der Waals surface area contributed by atoms with E-state index in [1.807, 2.05) is 31.2 Å². The van der Waals surface area contributed by atoms with Gasteiger partial charge in [0.1, 0.15) is 5.75 Å². The van der Waals surface area contributed by atoms with Crippen molar-refractivity contribution in [3.8, 4) is 5.75 Å². The number of hydrogen-bond acceptors (Lipinski definition) is 2. The molecule has 1 unspecified atom stereocenters. The Morgan fingerprint density at radius 3 is 2.53 bits per heavy atom. The molecule has 0 aliphatic heterocycles. The predicted octanol–water partition coefficient (Wildman–Crippen LogP) is 1.29. The number of nitrogens with two attached hydrogens (primary N) is 1. The van der Waals surface area contributed by atoms with Crippen molar-refractivity contribution in [3.63, 3.8) is 0 Å². The summed E-state index contributed by atoms with van der Waals surface area (Å²) in [5, 5.41) is 2.63. The Bertz CT molecular complexity index is 322. The maximum atomic E-state index is 10.6. The van der Waals surface area contributed by atoms with Crippen LogP contribution < -0.4 is 15.8 Å². The number of carbonyl (C=O) groups excluding carboxylic acids is 1. The fourth-order valence-corrected chi connectivity index (χ4v) is 1.41. The fourth-order valence-electron chi connectivity index (χ4n) is 1.41. The summed E-state index contributed by atoms with van der Waals surface area (Å²) in [6, 6.07) is 7.28. The SMILES string of the molecule is COc1ccc(CC(C)NC(N)=O)cc1. The number of nitrogens with one attached hydrogen (secondary N) is 1. The molecule has 0 saturated carbocycles. The number of hydrogen-bond donors (Lipinski definition) is 2. The van der Waals surface area contributed by atoms with Gasteiger partial charge in [-0.05, 0) is 31.0 Å². The van der Waals surface area contributed by atoms with E-state index in [0.717, 1.165) is 17.7 Å². The highest BCUT2D eigenvalue weighted by atomic mass is 16.5. The molecule has 0 fully saturated rings. The van der Waals surface area contributed by atoms with Gasteiger partial charge < -0.3 is 15.8 Å². The summed E-state index contributed by atoms with van der Waals surface area (Å²) in [4.78, 5) is 10.6. The molecule has 0 aliphatic rings.